The predicted octanol–water partition coefficient (Wildman–Crippen LogP) is 4.82. The van der Waals surface area contributed by atoms with Gasteiger partial charge in [0.1, 0.15) is 0 Å². The third kappa shape index (κ3) is 4.23. The van der Waals surface area contributed by atoms with Crippen LogP contribution >= 0.6 is 15.9 Å². The quantitative estimate of drug-likeness (QED) is 0.835. The van der Waals surface area contributed by atoms with E-state index in [1.54, 1.807) is 0 Å². The summed E-state index contributed by atoms with van der Waals surface area (Å²) < 4.78 is 1.16. The number of halogens is 1. The molecular formula is C18H29BrN2. The minimum Gasteiger partial charge on any atom is -0.368 e. The summed E-state index contributed by atoms with van der Waals surface area (Å²) in [6, 6.07) is 7.84. The van der Waals surface area contributed by atoms with Crippen molar-refractivity contribution in [2.75, 3.05) is 11.4 Å². The Morgan fingerprint density at radius 2 is 2.00 bits per heavy atom. The monoisotopic (exact) mass is 352 g/mol. The van der Waals surface area contributed by atoms with Crippen molar-refractivity contribution < 1.29 is 0 Å². The van der Waals surface area contributed by atoms with E-state index in [-0.39, 0.29) is 0 Å². The van der Waals surface area contributed by atoms with Gasteiger partial charge in [-0.2, -0.15) is 0 Å². The Labute approximate surface area is 138 Å². The van der Waals surface area contributed by atoms with Crippen LogP contribution in [0.15, 0.2) is 22.7 Å². The third-order valence-corrected chi connectivity index (χ3v) is 5.14. The summed E-state index contributed by atoms with van der Waals surface area (Å²) in [4.78, 5) is 2.61. The normalized spacial score (nSPS) is 26.4. The average molecular weight is 353 g/mol. The van der Waals surface area contributed by atoms with Gasteiger partial charge >= 0.3 is 0 Å². The van der Waals surface area contributed by atoms with Gasteiger partial charge in [0.05, 0.1) is 0 Å². The van der Waals surface area contributed by atoms with Crippen LogP contribution < -0.4 is 10.2 Å². The van der Waals surface area contributed by atoms with Crippen molar-refractivity contribution in [3.8, 4) is 0 Å². The van der Waals surface area contributed by atoms with Crippen molar-refractivity contribution in [3.05, 3.63) is 28.2 Å². The topological polar surface area (TPSA) is 15.3 Å². The molecule has 0 bridgehead atoms. The lowest BCUT2D eigenvalue weighted by atomic mass is 9.85. The summed E-state index contributed by atoms with van der Waals surface area (Å²) in [7, 11) is 0. The highest BCUT2D eigenvalue weighted by Crippen LogP contribution is 2.34. The van der Waals surface area contributed by atoms with Gasteiger partial charge in [0.25, 0.3) is 0 Å². The minimum atomic E-state index is 0.508. The molecule has 1 fully saturated rings. The van der Waals surface area contributed by atoms with E-state index < -0.39 is 0 Å². The molecule has 1 N–H and O–H groups in total. The summed E-state index contributed by atoms with van der Waals surface area (Å²) in [5.74, 6) is 1.52. The molecule has 118 valence electrons. The molecule has 1 aromatic rings. The van der Waals surface area contributed by atoms with Crippen molar-refractivity contribution in [2.45, 2.75) is 59.7 Å². The van der Waals surface area contributed by atoms with Crippen LogP contribution in [0.2, 0.25) is 0 Å². The van der Waals surface area contributed by atoms with E-state index in [2.05, 4.69) is 79.0 Å². The Balaban J connectivity index is 2.28. The standard InChI is InChI=1S/C18H29BrN2/c1-12(2)20-10-16-9-17(19)6-7-18(16)21-11-13(3)8-14(4)15(21)5/h6-7,9,12-15,20H,8,10-11H2,1-5H3. The number of hydrogen-bond donors (Lipinski definition) is 1. The van der Waals surface area contributed by atoms with Crippen LogP contribution in [0.1, 0.15) is 46.6 Å². The zero-order valence-electron chi connectivity index (χ0n) is 14.0. The molecule has 1 aliphatic rings. The SMILES string of the molecule is CC1CC(C)C(C)N(c2ccc(Br)cc2CNC(C)C)C1. The molecule has 21 heavy (non-hydrogen) atoms. The van der Waals surface area contributed by atoms with E-state index in [0.717, 1.165) is 22.9 Å². The number of hydrogen-bond acceptors (Lipinski definition) is 2. The first-order chi connectivity index (χ1) is 9.88. The van der Waals surface area contributed by atoms with Crippen molar-refractivity contribution in [1.29, 1.82) is 0 Å². The molecule has 2 rings (SSSR count). The first-order valence-electron chi connectivity index (χ1n) is 8.17. The molecule has 0 amide bonds. The molecule has 2 nitrogen and oxygen atoms in total. The zero-order valence-corrected chi connectivity index (χ0v) is 15.6. The predicted molar refractivity (Wildman–Crippen MR) is 95.9 cm³/mol. The van der Waals surface area contributed by atoms with Gasteiger partial charge in [0.2, 0.25) is 0 Å². The minimum absolute atomic E-state index is 0.508. The summed E-state index contributed by atoms with van der Waals surface area (Å²) in [6.07, 6.45) is 1.34. The van der Waals surface area contributed by atoms with Gasteiger partial charge in [0, 0.05) is 35.3 Å². The van der Waals surface area contributed by atoms with Gasteiger partial charge < -0.3 is 10.2 Å². The number of nitrogens with one attached hydrogen (secondary N) is 1. The molecule has 1 aromatic carbocycles. The van der Waals surface area contributed by atoms with E-state index in [0.29, 0.717) is 12.1 Å². The molecule has 3 atom stereocenters. The first-order valence-corrected chi connectivity index (χ1v) is 8.96. The molecule has 0 aliphatic carbocycles. The summed E-state index contributed by atoms with van der Waals surface area (Å²) in [5.41, 5.74) is 2.79. The van der Waals surface area contributed by atoms with E-state index >= 15 is 0 Å². The number of piperidine rings is 1. The van der Waals surface area contributed by atoms with Crippen molar-refractivity contribution in [2.24, 2.45) is 11.8 Å². The smallest absolute Gasteiger partial charge is 0.0415 e. The van der Waals surface area contributed by atoms with Gasteiger partial charge in [-0.1, -0.05) is 43.6 Å². The Morgan fingerprint density at radius 1 is 1.29 bits per heavy atom. The maximum Gasteiger partial charge on any atom is 0.0415 e. The van der Waals surface area contributed by atoms with Gasteiger partial charge in [-0.05, 0) is 48.9 Å². The molecule has 3 heteroatoms. The molecule has 0 aromatic heterocycles. The van der Waals surface area contributed by atoms with Crippen molar-refractivity contribution >= 4 is 21.6 Å². The summed E-state index contributed by atoms with van der Waals surface area (Å²) in [6.45, 7) is 13.6. The molecule has 1 aliphatic heterocycles. The van der Waals surface area contributed by atoms with Gasteiger partial charge in [-0.3, -0.25) is 0 Å². The van der Waals surface area contributed by atoms with Crippen LogP contribution in [-0.4, -0.2) is 18.6 Å². The second kappa shape index (κ2) is 7.15. The van der Waals surface area contributed by atoms with Gasteiger partial charge in [-0.25, -0.2) is 0 Å². The molecule has 3 unspecified atom stereocenters. The maximum atomic E-state index is 3.62. The Kier molecular flexibility index (Phi) is 5.73. The molecule has 1 saturated heterocycles. The fraction of sp³-hybridized carbons (Fsp3) is 0.667. The maximum absolute atomic E-state index is 3.62. The van der Waals surface area contributed by atoms with E-state index in [9.17, 15) is 0 Å². The summed E-state index contributed by atoms with van der Waals surface area (Å²) >= 11 is 3.62. The Bertz CT molecular complexity index is 472. The highest BCUT2D eigenvalue weighted by Gasteiger charge is 2.29. The third-order valence-electron chi connectivity index (χ3n) is 4.65. The van der Waals surface area contributed by atoms with Gasteiger partial charge in [0.15, 0.2) is 0 Å². The Hall–Kier alpha value is -0.540. The molecular weight excluding hydrogens is 324 g/mol. The molecule has 0 spiro atoms. The number of rotatable bonds is 4. The van der Waals surface area contributed by atoms with Crippen molar-refractivity contribution in [1.82, 2.24) is 5.32 Å². The number of benzene rings is 1. The number of nitrogens with zero attached hydrogens (tertiary/aromatic N) is 1. The largest absolute Gasteiger partial charge is 0.368 e. The lowest BCUT2D eigenvalue weighted by molar-refractivity contribution is 0.296. The first kappa shape index (κ1) is 16.8. The second-order valence-corrected chi connectivity index (χ2v) is 7.94. The van der Waals surface area contributed by atoms with Gasteiger partial charge in [-0.15, -0.1) is 0 Å². The molecule has 0 radical (unpaired) electrons. The Morgan fingerprint density at radius 3 is 2.67 bits per heavy atom. The fourth-order valence-corrected chi connectivity index (χ4v) is 3.73. The van der Waals surface area contributed by atoms with Crippen LogP contribution in [0.4, 0.5) is 5.69 Å². The highest BCUT2D eigenvalue weighted by molar-refractivity contribution is 9.10. The summed E-state index contributed by atoms with van der Waals surface area (Å²) in [5, 5.41) is 3.56. The fourth-order valence-electron chi connectivity index (χ4n) is 3.32. The average Bonchev–Trinajstić information content (AvgIpc) is 2.41. The van der Waals surface area contributed by atoms with Crippen molar-refractivity contribution in [3.63, 3.8) is 0 Å². The number of anilines is 1. The van der Waals surface area contributed by atoms with Crippen LogP contribution in [0.25, 0.3) is 0 Å². The van der Waals surface area contributed by atoms with Crippen LogP contribution in [0.3, 0.4) is 0 Å². The zero-order chi connectivity index (χ0) is 15.6. The van der Waals surface area contributed by atoms with Crippen LogP contribution in [-0.2, 0) is 6.54 Å². The molecule has 1 heterocycles. The molecule has 0 saturated carbocycles. The van der Waals surface area contributed by atoms with Crippen LogP contribution in [0, 0.1) is 11.8 Å². The lowest BCUT2D eigenvalue weighted by Crippen LogP contribution is -2.46. The highest BCUT2D eigenvalue weighted by atomic mass is 79.9. The second-order valence-electron chi connectivity index (χ2n) is 7.02. The van der Waals surface area contributed by atoms with E-state index in [1.807, 2.05) is 0 Å². The lowest BCUT2D eigenvalue weighted by Gasteiger charge is -2.43. The van der Waals surface area contributed by atoms with E-state index in [1.165, 1.54) is 24.2 Å². The van der Waals surface area contributed by atoms with Crippen LogP contribution in [0.5, 0.6) is 0 Å². The van der Waals surface area contributed by atoms with E-state index in [4.69, 9.17) is 0 Å².